The Labute approximate surface area is 117 Å². The van der Waals surface area contributed by atoms with Crippen LogP contribution < -0.4 is 10.6 Å². The number of nitrogens with zero attached hydrogens (tertiary/aromatic N) is 2. The van der Waals surface area contributed by atoms with E-state index in [0.29, 0.717) is 11.7 Å². The molecule has 2 rings (SSSR count). The summed E-state index contributed by atoms with van der Waals surface area (Å²) >= 11 is 0. The van der Waals surface area contributed by atoms with Gasteiger partial charge in [-0.3, -0.25) is 0 Å². The second kappa shape index (κ2) is 5.52. The van der Waals surface area contributed by atoms with Crippen molar-refractivity contribution in [2.75, 3.05) is 37.8 Å². The molecule has 0 amide bonds. The number of hydrogen-bond donors (Lipinski definition) is 1. The third-order valence-electron chi connectivity index (χ3n) is 3.97. The molecule has 0 unspecified atom stereocenters. The van der Waals surface area contributed by atoms with Crippen LogP contribution in [0.25, 0.3) is 0 Å². The highest BCUT2D eigenvalue weighted by Crippen LogP contribution is 2.35. The molecule has 1 aromatic carbocycles. The first-order chi connectivity index (χ1) is 9.29. The van der Waals surface area contributed by atoms with Crippen molar-refractivity contribution in [2.45, 2.75) is 25.1 Å². The van der Waals surface area contributed by atoms with Gasteiger partial charge in [-0.2, -0.15) is 13.2 Å². The van der Waals surface area contributed by atoms with Crippen molar-refractivity contribution >= 4 is 11.4 Å². The molecular formula is C14H20F3N3. The summed E-state index contributed by atoms with van der Waals surface area (Å²) in [5.74, 6) is 0. The monoisotopic (exact) mass is 287 g/mol. The maximum atomic E-state index is 12.6. The minimum atomic E-state index is -4.35. The largest absolute Gasteiger partial charge is 0.416 e. The van der Waals surface area contributed by atoms with E-state index < -0.39 is 11.7 Å². The van der Waals surface area contributed by atoms with Gasteiger partial charge in [0.15, 0.2) is 0 Å². The van der Waals surface area contributed by atoms with E-state index in [2.05, 4.69) is 11.9 Å². The number of nitrogens with two attached hydrogens (primary N) is 1. The molecule has 2 N–H and O–H groups in total. The molecule has 1 saturated heterocycles. The van der Waals surface area contributed by atoms with Gasteiger partial charge in [0.2, 0.25) is 0 Å². The molecule has 1 heterocycles. The molecule has 1 fully saturated rings. The van der Waals surface area contributed by atoms with Crippen molar-refractivity contribution in [1.29, 1.82) is 0 Å². The summed E-state index contributed by atoms with van der Waals surface area (Å²) in [5.41, 5.74) is 5.96. The van der Waals surface area contributed by atoms with Gasteiger partial charge >= 0.3 is 6.18 Å². The molecule has 1 aliphatic rings. The predicted octanol–water partition coefficient (Wildman–Crippen LogP) is 2.82. The van der Waals surface area contributed by atoms with Crippen LogP contribution in [0.5, 0.6) is 0 Å². The Morgan fingerprint density at radius 2 is 1.85 bits per heavy atom. The van der Waals surface area contributed by atoms with Crippen molar-refractivity contribution in [1.82, 2.24) is 4.90 Å². The van der Waals surface area contributed by atoms with E-state index in [4.69, 9.17) is 5.73 Å². The Balaban J connectivity index is 2.16. The van der Waals surface area contributed by atoms with Crippen LogP contribution in [0.3, 0.4) is 0 Å². The van der Waals surface area contributed by atoms with Crippen LogP contribution in [-0.4, -0.2) is 38.1 Å². The second-order valence-electron chi connectivity index (χ2n) is 5.42. The highest BCUT2D eigenvalue weighted by Gasteiger charge is 2.31. The molecule has 0 aromatic heterocycles. The van der Waals surface area contributed by atoms with Gasteiger partial charge in [-0.25, -0.2) is 0 Å². The number of alkyl halides is 3. The smallest absolute Gasteiger partial charge is 0.397 e. The second-order valence-corrected chi connectivity index (χ2v) is 5.42. The molecule has 112 valence electrons. The predicted molar refractivity (Wildman–Crippen MR) is 74.8 cm³/mol. The van der Waals surface area contributed by atoms with Crippen LogP contribution in [0.15, 0.2) is 18.2 Å². The molecule has 0 bridgehead atoms. The van der Waals surface area contributed by atoms with Crippen molar-refractivity contribution in [3.8, 4) is 0 Å². The van der Waals surface area contributed by atoms with Crippen LogP contribution >= 0.6 is 0 Å². The van der Waals surface area contributed by atoms with E-state index in [9.17, 15) is 13.2 Å². The number of likely N-dealkylation sites (tertiary alicyclic amines) is 1. The zero-order valence-corrected chi connectivity index (χ0v) is 11.7. The van der Waals surface area contributed by atoms with E-state index >= 15 is 0 Å². The van der Waals surface area contributed by atoms with E-state index in [-0.39, 0.29) is 5.69 Å². The molecule has 1 aromatic rings. The van der Waals surface area contributed by atoms with Crippen molar-refractivity contribution in [2.24, 2.45) is 0 Å². The topological polar surface area (TPSA) is 32.5 Å². The number of anilines is 2. The van der Waals surface area contributed by atoms with Gasteiger partial charge in [0, 0.05) is 13.1 Å². The lowest BCUT2D eigenvalue weighted by atomic mass is 10.0. The van der Waals surface area contributed by atoms with Crippen molar-refractivity contribution in [3.05, 3.63) is 23.8 Å². The van der Waals surface area contributed by atoms with Gasteiger partial charge < -0.3 is 15.5 Å². The maximum absolute atomic E-state index is 12.6. The fraction of sp³-hybridized carbons (Fsp3) is 0.571. The van der Waals surface area contributed by atoms with Crippen LogP contribution in [0.4, 0.5) is 24.5 Å². The Morgan fingerprint density at radius 3 is 2.35 bits per heavy atom. The SMILES string of the molecule is CN1CCC(N(C)c2ccc(C(F)(F)F)cc2N)CC1. The highest BCUT2D eigenvalue weighted by atomic mass is 19.4. The molecule has 3 nitrogen and oxygen atoms in total. The maximum Gasteiger partial charge on any atom is 0.416 e. The first-order valence-corrected chi connectivity index (χ1v) is 6.67. The van der Waals surface area contributed by atoms with Gasteiger partial charge in [-0.1, -0.05) is 0 Å². The van der Waals surface area contributed by atoms with E-state index in [1.54, 1.807) is 0 Å². The Kier molecular flexibility index (Phi) is 4.13. The van der Waals surface area contributed by atoms with Gasteiger partial charge in [-0.15, -0.1) is 0 Å². The highest BCUT2D eigenvalue weighted by molar-refractivity contribution is 5.68. The Hall–Kier alpha value is -1.43. The number of hydrogen-bond acceptors (Lipinski definition) is 3. The summed E-state index contributed by atoms with van der Waals surface area (Å²) in [6, 6.07) is 3.90. The molecule has 0 atom stereocenters. The third kappa shape index (κ3) is 3.17. The van der Waals surface area contributed by atoms with Crippen molar-refractivity contribution < 1.29 is 13.2 Å². The van der Waals surface area contributed by atoms with Gasteiger partial charge in [0.05, 0.1) is 16.9 Å². The molecule has 6 heteroatoms. The lowest BCUT2D eigenvalue weighted by Gasteiger charge is -2.37. The lowest BCUT2D eigenvalue weighted by molar-refractivity contribution is -0.137. The van der Waals surface area contributed by atoms with Crippen LogP contribution in [0, 0.1) is 0 Å². The standard InChI is InChI=1S/C14H20F3N3/c1-19-7-5-11(6-8-19)20(2)13-4-3-10(9-12(13)18)14(15,16)17/h3-4,9,11H,5-8,18H2,1-2H3. The first kappa shape index (κ1) is 15.0. The normalized spacial score (nSPS) is 18.2. The summed E-state index contributed by atoms with van der Waals surface area (Å²) in [5, 5.41) is 0. The van der Waals surface area contributed by atoms with Crippen LogP contribution in [-0.2, 0) is 6.18 Å². The first-order valence-electron chi connectivity index (χ1n) is 6.67. The fourth-order valence-electron chi connectivity index (χ4n) is 2.63. The van der Waals surface area contributed by atoms with E-state index in [1.807, 2.05) is 11.9 Å². The van der Waals surface area contributed by atoms with Crippen LogP contribution in [0.1, 0.15) is 18.4 Å². The summed E-state index contributed by atoms with van der Waals surface area (Å²) < 4.78 is 37.9. The van der Waals surface area contributed by atoms with E-state index in [1.165, 1.54) is 6.07 Å². The summed E-state index contributed by atoms with van der Waals surface area (Å²) in [4.78, 5) is 4.25. The number of piperidine rings is 1. The Bertz CT molecular complexity index is 465. The number of rotatable bonds is 2. The van der Waals surface area contributed by atoms with Gasteiger partial charge in [0.25, 0.3) is 0 Å². The third-order valence-corrected chi connectivity index (χ3v) is 3.97. The minimum Gasteiger partial charge on any atom is -0.397 e. The summed E-state index contributed by atoms with van der Waals surface area (Å²) in [6.07, 6.45) is -2.36. The molecule has 0 spiro atoms. The van der Waals surface area contributed by atoms with Crippen molar-refractivity contribution in [3.63, 3.8) is 0 Å². The molecular weight excluding hydrogens is 267 g/mol. The molecule has 0 aliphatic carbocycles. The number of halogens is 3. The molecule has 0 saturated carbocycles. The van der Waals surface area contributed by atoms with Crippen LogP contribution in [0.2, 0.25) is 0 Å². The molecule has 20 heavy (non-hydrogen) atoms. The lowest BCUT2D eigenvalue weighted by Crippen LogP contribution is -2.42. The average Bonchev–Trinajstić information content (AvgIpc) is 2.37. The van der Waals surface area contributed by atoms with Gasteiger partial charge in [-0.05, 0) is 51.2 Å². The summed E-state index contributed by atoms with van der Waals surface area (Å²) in [6.45, 7) is 1.99. The zero-order chi connectivity index (χ0) is 14.9. The fourth-order valence-corrected chi connectivity index (χ4v) is 2.63. The minimum absolute atomic E-state index is 0.182. The zero-order valence-electron chi connectivity index (χ0n) is 11.7. The average molecular weight is 287 g/mol. The molecule has 1 aliphatic heterocycles. The Morgan fingerprint density at radius 1 is 1.25 bits per heavy atom. The quantitative estimate of drug-likeness (QED) is 0.849. The number of nitrogen functional groups attached to an aromatic ring is 1. The van der Waals surface area contributed by atoms with Gasteiger partial charge in [0.1, 0.15) is 0 Å². The van der Waals surface area contributed by atoms with E-state index in [0.717, 1.165) is 38.1 Å². The summed E-state index contributed by atoms with van der Waals surface area (Å²) in [7, 11) is 3.97. The molecule has 0 radical (unpaired) electrons. The number of benzene rings is 1.